The lowest BCUT2D eigenvalue weighted by atomic mass is 10.1. The number of nitrogens with one attached hydrogen (secondary N) is 1. The van der Waals surface area contributed by atoms with Gasteiger partial charge in [0, 0.05) is 23.3 Å². The van der Waals surface area contributed by atoms with E-state index in [4.69, 9.17) is 0 Å². The summed E-state index contributed by atoms with van der Waals surface area (Å²) in [5, 5.41) is 1.09. The molecule has 0 bridgehead atoms. The molecule has 0 unspecified atom stereocenters. The molecule has 1 N–H and O–H groups in total. The van der Waals surface area contributed by atoms with E-state index in [-0.39, 0.29) is 0 Å². The van der Waals surface area contributed by atoms with E-state index >= 15 is 0 Å². The zero-order valence-corrected chi connectivity index (χ0v) is 11.0. The molecule has 3 aromatic heterocycles. The Bertz CT molecular complexity index is 919. The molecule has 0 saturated carbocycles. The van der Waals surface area contributed by atoms with Gasteiger partial charge in [0.25, 0.3) is 0 Å². The van der Waals surface area contributed by atoms with Crippen LogP contribution < -0.4 is 0 Å². The topological polar surface area (TPSA) is 54.5 Å². The third-order valence-electron chi connectivity index (χ3n) is 3.37. The van der Waals surface area contributed by atoms with Crippen LogP contribution in [0.25, 0.3) is 33.5 Å². The van der Waals surface area contributed by atoms with Gasteiger partial charge in [-0.15, -0.1) is 0 Å². The molecular weight excluding hydrogens is 248 g/mol. The van der Waals surface area contributed by atoms with Crippen molar-refractivity contribution < 1.29 is 0 Å². The molecule has 4 aromatic rings. The lowest BCUT2D eigenvalue weighted by Gasteiger charge is -2.02. The summed E-state index contributed by atoms with van der Waals surface area (Å²) < 4.78 is 0. The number of imidazole rings is 1. The Morgan fingerprint density at radius 2 is 2.00 bits per heavy atom. The number of nitrogens with zero attached hydrogens (tertiary/aromatic N) is 3. The van der Waals surface area contributed by atoms with Crippen molar-refractivity contribution in [2.24, 2.45) is 0 Å². The van der Waals surface area contributed by atoms with E-state index in [1.165, 1.54) is 0 Å². The van der Waals surface area contributed by atoms with E-state index < -0.39 is 0 Å². The van der Waals surface area contributed by atoms with Crippen molar-refractivity contribution in [3.05, 3.63) is 54.4 Å². The maximum absolute atomic E-state index is 4.58. The van der Waals surface area contributed by atoms with Crippen LogP contribution in [0.3, 0.4) is 0 Å². The largest absolute Gasteiger partial charge is 0.337 e. The van der Waals surface area contributed by atoms with Gasteiger partial charge < -0.3 is 4.98 Å². The number of benzene rings is 1. The summed E-state index contributed by atoms with van der Waals surface area (Å²) in [5.41, 5.74) is 4.83. The summed E-state index contributed by atoms with van der Waals surface area (Å²) in [7, 11) is 0. The minimum atomic E-state index is 0.742. The molecule has 20 heavy (non-hydrogen) atoms. The van der Waals surface area contributed by atoms with Gasteiger partial charge in [-0.25, -0.2) is 9.97 Å². The van der Waals surface area contributed by atoms with Gasteiger partial charge in [-0.05, 0) is 30.7 Å². The van der Waals surface area contributed by atoms with Crippen molar-refractivity contribution in [3.8, 4) is 11.4 Å². The van der Waals surface area contributed by atoms with Gasteiger partial charge in [0.15, 0.2) is 5.65 Å². The molecule has 3 heterocycles. The van der Waals surface area contributed by atoms with Crippen LogP contribution in [0, 0.1) is 6.92 Å². The van der Waals surface area contributed by atoms with Crippen LogP contribution in [0.2, 0.25) is 0 Å². The molecule has 0 fully saturated rings. The number of hydrogen-bond donors (Lipinski definition) is 1. The monoisotopic (exact) mass is 260 g/mol. The fraction of sp³-hybridized carbons (Fsp3) is 0.0625. The predicted molar refractivity (Wildman–Crippen MR) is 79.4 cm³/mol. The number of aryl methyl sites for hydroxylation is 1. The third kappa shape index (κ3) is 1.66. The molecule has 0 radical (unpaired) electrons. The van der Waals surface area contributed by atoms with Crippen LogP contribution in [0.4, 0.5) is 0 Å². The second kappa shape index (κ2) is 4.13. The van der Waals surface area contributed by atoms with Crippen molar-refractivity contribution in [1.82, 2.24) is 19.9 Å². The van der Waals surface area contributed by atoms with Gasteiger partial charge in [-0.1, -0.05) is 18.2 Å². The summed E-state index contributed by atoms with van der Waals surface area (Å²) >= 11 is 0. The van der Waals surface area contributed by atoms with Crippen molar-refractivity contribution in [2.45, 2.75) is 6.92 Å². The Morgan fingerprint density at radius 3 is 2.95 bits per heavy atom. The molecule has 0 spiro atoms. The van der Waals surface area contributed by atoms with Gasteiger partial charge in [-0.2, -0.15) is 0 Å². The molecule has 4 rings (SSSR count). The maximum Gasteiger partial charge on any atom is 0.178 e. The summed E-state index contributed by atoms with van der Waals surface area (Å²) in [6, 6.07) is 12.1. The minimum Gasteiger partial charge on any atom is -0.337 e. The SMILES string of the molecule is Cc1cnc2nc(-c3cccc4ncccc34)[nH]c2c1. The Hall–Kier alpha value is -2.75. The van der Waals surface area contributed by atoms with E-state index in [2.05, 4.69) is 38.1 Å². The summed E-state index contributed by atoms with van der Waals surface area (Å²) in [6.45, 7) is 2.02. The molecule has 0 aliphatic rings. The Labute approximate surface area is 115 Å². The van der Waals surface area contributed by atoms with E-state index in [0.717, 1.165) is 39.0 Å². The summed E-state index contributed by atoms with van der Waals surface area (Å²) in [6.07, 6.45) is 3.63. The van der Waals surface area contributed by atoms with Crippen molar-refractivity contribution in [1.29, 1.82) is 0 Å². The highest BCUT2D eigenvalue weighted by Gasteiger charge is 2.09. The first kappa shape index (κ1) is 11.1. The quantitative estimate of drug-likeness (QED) is 0.570. The lowest BCUT2D eigenvalue weighted by molar-refractivity contribution is 1.28. The summed E-state index contributed by atoms with van der Waals surface area (Å²) in [4.78, 5) is 16.7. The smallest absolute Gasteiger partial charge is 0.178 e. The molecule has 96 valence electrons. The van der Waals surface area contributed by atoms with E-state index in [1.54, 1.807) is 6.20 Å². The average Bonchev–Trinajstić information content (AvgIpc) is 2.89. The number of aromatic amines is 1. The lowest BCUT2D eigenvalue weighted by Crippen LogP contribution is -1.85. The van der Waals surface area contributed by atoms with Crippen LogP contribution in [0.15, 0.2) is 48.8 Å². The van der Waals surface area contributed by atoms with Gasteiger partial charge in [0.05, 0.1) is 11.0 Å². The van der Waals surface area contributed by atoms with E-state index in [9.17, 15) is 0 Å². The minimum absolute atomic E-state index is 0.742. The molecular formula is C16H12N4. The van der Waals surface area contributed by atoms with Gasteiger partial charge in [-0.3, -0.25) is 4.98 Å². The third-order valence-corrected chi connectivity index (χ3v) is 3.37. The van der Waals surface area contributed by atoms with Crippen LogP contribution in [-0.4, -0.2) is 19.9 Å². The van der Waals surface area contributed by atoms with Crippen molar-refractivity contribution in [3.63, 3.8) is 0 Å². The number of pyridine rings is 2. The highest BCUT2D eigenvalue weighted by molar-refractivity contribution is 5.94. The van der Waals surface area contributed by atoms with Gasteiger partial charge >= 0.3 is 0 Å². The number of hydrogen-bond acceptors (Lipinski definition) is 3. The van der Waals surface area contributed by atoms with Crippen molar-refractivity contribution >= 4 is 22.1 Å². The first-order valence-corrected chi connectivity index (χ1v) is 6.48. The van der Waals surface area contributed by atoms with Gasteiger partial charge in [0.1, 0.15) is 5.82 Å². The van der Waals surface area contributed by atoms with Crippen LogP contribution in [0.1, 0.15) is 5.56 Å². The Morgan fingerprint density at radius 1 is 1.05 bits per heavy atom. The maximum atomic E-state index is 4.58. The Kier molecular flexibility index (Phi) is 2.29. The molecule has 4 heteroatoms. The standard InChI is InChI=1S/C16H12N4/c1-10-8-14-16(18-9-10)20-15(19-14)12-4-2-6-13-11(12)5-3-7-17-13/h2-9H,1H3,(H,18,19,20). The van der Waals surface area contributed by atoms with E-state index in [1.807, 2.05) is 31.3 Å². The molecule has 0 aliphatic carbocycles. The second-order valence-corrected chi connectivity index (χ2v) is 4.84. The fourth-order valence-corrected chi connectivity index (χ4v) is 2.44. The molecule has 4 nitrogen and oxygen atoms in total. The number of fused-ring (bicyclic) bond motifs is 2. The van der Waals surface area contributed by atoms with Crippen LogP contribution in [0.5, 0.6) is 0 Å². The Balaban J connectivity index is 2.01. The van der Waals surface area contributed by atoms with Gasteiger partial charge in [0.2, 0.25) is 0 Å². The highest BCUT2D eigenvalue weighted by atomic mass is 15.0. The fourth-order valence-electron chi connectivity index (χ4n) is 2.44. The van der Waals surface area contributed by atoms with Crippen LogP contribution in [-0.2, 0) is 0 Å². The molecule has 0 amide bonds. The average molecular weight is 260 g/mol. The predicted octanol–water partition coefficient (Wildman–Crippen LogP) is 3.48. The van der Waals surface area contributed by atoms with Crippen LogP contribution >= 0.6 is 0 Å². The first-order chi connectivity index (χ1) is 9.81. The highest BCUT2D eigenvalue weighted by Crippen LogP contribution is 2.26. The first-order valence-electron chi connectivity index (χ1n) is 6.48. The zero-order valence-electron chi connectivity index (χ0n) is 11.0. The zero-order chi connectivity index (χ0) is 13.5. The molecule has 0 aliphatic heterocycles. The number of rotatable bonds is 1. The number of aromatic nitrogens is 4. The molecule has 0 atom stereocenters. The van der Waals surface area contributed by atoms with E-state index in [0.29, 0.717) is 0 Å². The second-order valence-electron chi connectivity index (χ2n) is 4.84. The molecule has 0 saturated heterocycles. The summed E-state index contributed by atoms with van der Waals surface area (Å²) in [5.74, 6) is 0.830. The normalized spacial score (nSPS) is 11.2. The van der Waals surface area contributed by atoms with Crippen molar-refractivity contribution in [2.75, 3.05) is 0 Å². The number of H-pyrrole nitrogens is 1. The molecule has 1 aromatic carbocycles.